The second-order valence-corrected chi connectivity index (χ2v) is 5.87. The van der Waals surface area contributed by atoms with E-state index in [4.69, 9.17) is 9.26 Å². The molecular formula is C17H23N3O2. The Hall–Kier alpha value is -1.88. The molecule has 1 fully saturated rings. The molecule has 0 spiro atoms. The summed E-state index contributed by atoms with van der Waals surface area (Å²) in [5.41, 5.74) is 3.18. The summed E-state index contributed by atoms with van der Waals surface area (Å²) in [7, 11) is 0. The van der Waals surface area contributed by atoms with Gasteiger partial charge in [0.1, 0.15) is 5.75 Å². The zero-order valence-electron chi connectivity index (χ0n) is 13.5. The molecule has 1 aromatic heterocycles. The lowest BCUT2D eigenvalue weighted by Crippen LogP contribution is -2.28. The van der Waals surface area contributed by atoms with Gasteiger partial charge < -0.3 is 14.6 Å². The van der Waals surface area contributed by atoms with Crippen molar-refractivity contribution in [2.45, 2.75) is 39.5 Å². The average molecular weight is 301 g/mol. The van der Waals surface area contributed by atoms with E-state index in [0.29, 0.717) is 18.3 Å². The Morgan fingerprint density at radius 2 is 2.09 bits per heavy atom. The largest absolute Gasteiger partial charge is 0.493 e. The molecular weight excluding hydrogens is 278 g/mol. The van der Waals surface area contributed by atoms with Gasteiger partial charge in [-0.15, -0.1) is 0 Å². The highest BCUT2D eigenvalue weighted by atomic mass is 16.5. The van der Waals surface area contributed by atoms with Crippen LogP contribution in [0.25, 0.3) is 11.4 Å². The number of benzene rings is 1. The zero-order valence-corrected chi connectivity index (χ0v) is 13.5. The number of ether oxygens (including phenoxy) is 1. The lowest BCUT2D eigenvalue weighted by Gasteiger charge is -2.18. The van der Waals surface area contributed by atoms with Crippen LogP contribution in [-0.4, -0.2) is 29.8 Å². The Kier molecular flexibility index (Phi) is 4.43. The first-order valence-electron chi connectivity index (χ1n) is 7.97. The maximum absolute atomic E-state index is 5.69. The van der Waals surface area contributed by atoms with Crippen LogP contribution in [0, 0.1) is 13.8 Å². The first-order chi connectivity index (χ1) is 10.7. The molecule has 118 valence electrons. The van der Waals surface area contributed by atoms with Crippen LogP contribution in [0.15, 0.2) is 16.7 Å². The van der Waals surface area contributed by atoms with Crippen molar-refractivity contribution in [3.63, 3.8) is 0 Å². The van der Waals surface area contributed by atoms with Crippen molar-refractivity contribution in [2.24, 2.45) is 0 Å². The van der Waals surface area contributed by atoms with Crippen LogP contribution < -0.4 is 10.1 Å². The molecule has 0 radical (unpaired) electrons. The summed E-state index contributed by atoms with van der Waals surface area (Å²) in [4.78, 5) is 4.60. The van der Waals surface area contributed by atoms with E-state index in [9.17, 15) is 0 Å². The first-order valence-corrected chi connectivity index (χ1v) is 7.97. The third-order valence-electron chi connectivity index (χ3n) is 4.10. The average Bonchev–Trinajstić information content (AvgIpc) is 3.01. The fraction of sp³-hybridized carbons (Fsp3) is 0.529. The first kappa shape index (κ1) is 15.0. The summed E-state index contributed by atoms with van der Waals surface area (Å²) in [6.07, 6.45) is 2.26. The minimum absolute atomic E-state index is 0.333. The molecule has 22 heavy (non-hydrogen) atoms. The Morgan fingerprint density at radius 3 is 2.73 bits per heavy atom. The van der Waals surface area contributed by atoms with Gasteiger partial charge in [0.05, 0.1) is 12.5 Å². The number of nitrogens with zero attached hydrogens (tertiary/aromatic N) is 2. The normalized spacial score (nSPS) is 18.4. The molecule has 1 aliphatic rings. The maximum atomic E-state index is 5.69. The molecule has 1 N–H and O–H groups in total. The molecule has 0 bridgehead atoms. The van der Waals surface area contributed by atoms with E-state index in [0.717, 1.165) is 54.3 Å². The fourth-order valence-corrected chi connectivity index (χ4v) is 3.03. The highest BCUT2D eigenvalue weighted by Gasteiger charge is 2.22. The summed E-state index contributed by atoms with van der Waals surface area (Å²) >= 11 is 0. The molecule has 2 heterocycles. The highest BCUT2D eigenvalue weighted by molar-refractivity contribution is 5.61. The van der Waals surface area contributed by atoms with Gasteiger partial charge in [-0.25, -0.2) is 0 Å². The van der Waals surface area contributed by atoms with Crippen molar-refractivity contribution in [3.05, 3.63) is 29.2 Å². The molecule has 2 aromatic rings. The van der Waals surface area contributed by atoms with Gasteiger partial charge >= 0.3 is 0 Å². The summed E-state index contributed by atoms with van der Waals surface area (Å²) in [5, 5.41) is 7.54. The zero-order chi connectivity index (χ0) is 15.5. The maximum Gasteiger partial charge on any atom is 0.231 e. The van der Waals surface area contributed by atoms with Crippen LogP contribution in [0.1, 0.15) is 42.7 Å². The Balaban J connectivity index is 1.86. The van der Waals surface area contributed by atoms with Crippen molar-refractivity contribution in [3.8, 4) is 17.1 Å². The van der Waals surface area contributed by atoms with Crippen LogP contribution in [0.2, 0.25) is 0 Å². The van der Waals surface area contributed by atoms with Crippen molar-refractivity contribution in [1.82, 2.24) is 15.5 Å². The number of piperidine rings is 1. The van der Waals surface area contributed by atoms with Crippen molar-refractivity contribution < 1.29 is 9.26 Å². The van der Waals surface area contributed by atoms with E-state index in [-0.39, 0.29) is 0 Å². The summed E-state index contributed by atoms with van der Waals surface area (Å²) in [5.74, 6) is 2.69. The SMILES string of the molecule is CCOc1c(C)cc(-c2noc([C@@H]3CCCNC3)n2)cc1C. The number of rotatable bonds is 4. The van der Waals surface area contributed by atoms with Gasteiger partial charge in [0.15, 0.2) is 0 Å². The second-order valence-electron chi connectivity index (χ2n) is 5.87. The van der Waals surface area contributed by atoms with Gasteiger partial charge in [-0.1, -0.05) is 5.16 Å². The fourth-order valence-electron chi connectivity index (χ4n) is 3.03. The molecule has 1 aromatic carbocycles. The third-order valence-corrected chi connectivity index (χ3v) is 4.10. The van der Waals surface area contributed by atoms with Crippen LogP contribution in [0.5, 0.6) is 5.75 Å². The molecule has 0 unspecified atom stereocenters. The smallest absolute Gasteiger partial charge is 0.231 e. The quantitative estimate of drug-likeness (QED) is 0.939. The molecule has 0 saturated carbocycles. The van der Waals surface area contributed by atoms with Gasteiger partial charge in [0, 0.05) is 12.1 Å². The molecule has 1 atom stereocenters. The number of aryl methyl sites for hydroxylation is 2. The third kappa shape index (κ3) is 2.99. The lowest BCUT2D eigenvalue weighted by atomic mass is 10.00. The molecule has 1 saturated heterocycles. The Labute approximate surface area is 131 Å². The van der Waals surface area contributed by atoms with Crippen LogP contribution in [0.3, 0.4) is 0 Å². The number of aromatic nitrogens is 2. The summed E-state index contributed by atoms with van der Waals surface area (Å²) < 4.78 is 11.2. The van der Waals surface area contributed by atoms with Crippen molar-refractivity contribution in [2.75, 3.05) is 19.7 Å². The van der Waals surface area contributed by atoms with E-state index in [2.05, 4.69) is 27.6 Å². The van der Waals surface area contributed by atoms with Crippen LogP contribution in [-0.2, 0) is 0 Å². The van der Waals surface area contributed by atoms with Gasteiger partial charge in [0.25, 0.3) is 0 Å². The second kappa shape index (κ2) is 6.48. The topological polar surface area (TPSA) is 60.2 Å². The van der Waals surface area contributed by atoms with Gasteiger partial charge in [-0.2, -0.15) is 4.98 Å². The molecule has 5 nitrogen and oxygen atoms in total. The monoisotopic (exact) mass is 301 g/mol. The van der Waals surface area contributed by atoms with Crippen molar-refractivity contribution >= 4 is 0 Å². The Bertz CT molecular complexity index is 622. The lowest BCUT2D eigenvalue weighted by molar-refractivity contribution is 0.322. The van der Waals surface area contributed by atoms with E-state index in [1.54, 1.807) is 0 Å². The van der Waals surface area contributed by atoms with Gasteiger partial charge in [-0.3, -0.25) is 0 Å². The van der Waals surface area contributed by atoms with Crippen LogP contribution >= 0.6 is 0 Å². The van der Waals surface area contributed by atoms with Gasteiger partial charge in [-0.05, 0) is 63.4 Å². The number of hydrogen-bond acceptors (Lipinski definition) is 5. The molecule has 0 amide bonds. The minimum Gasteiger partial charge on any atom is -0.493 e. The molecule has 5 heteroatoms. The highest BCUT2D eigenvalue weighted by Crippen LogP contribution is 2.30. The summed E-state index contributed by atoms with van der Waals surface area (Å²) in [6.45, 7) is 8.76. The Morgan fingerprint density at radius 1 is 1.32 bits per heavy atom. The van der Waals surface area contributed by atoms with Crippen molar-refractivity contribution in [1.29, 1.82) is 0 Å². The standard InChI is InChI=1S/C17H23N3O2/c1-4-21-15-11(2)8-14(9-12(15)3)16-19-17(22-20-16)13-6-5-7-18-10-13/h8-9,13,18H,4-7,10H2,1-3H3/t13-/m1/s1. The van der Waals surface area contributed by atoms with E-state index in [1.807, 2.05) is 20.8 Å². The predicted octanol–water partition coefficient (Wildman–Crippen LogP) is 3.22. The summed E-state index contributed by atoms with van der Waals surface area (Å²) in [6, 6.07) is 4.12. The number of nitrogens with one attached hydrogen (secondary N) is 1. The van der Waals surface area contributed by atoms with E-state index >= 15 is 0 Å². The van der Waals surface area contributed by atoms with E-state index < -0.39 is 0 Å². The number of hydrogen-bond donors (Lipinski definition) is 1. The molecule has 1 aliphatic heterocycles. The minimum atomic E-state index is 0.333. The van der Waals surface area contributed by atoms with E-state index in [1.165, 1.54) is 0 Å². The molecule has 3 rings (SSSR count). The predicted molar refractivity (Wildman–Crippen MR) is 85.2 cm³/mol. The van der Waals surface area contributed by atoms with Crippen LogP contribution in [0.4, 0.5) is 0 Å². The van der Waals surface area contributed by atoms with Gasteiger partial charge in [0.2, 0.25) is 11.7 Å². The molecule has 0 aliphatic carbocycles.